The molecule has 1 fully saturated rings. The number of amidine groups is 1. The molecule has 2 aromatic rings. The Hall–Kier alpha value is -3.12. The molecule has 0 amide bonds. The predicted octanol–water partition coefficient (Wildman–Crippen LogP) is 1.31. The maximum Gasteiger partial charge on any atom is 0.316 e. The Morgan fingerprint density at radius 1 is 1.31 bits per heavy atom. The van der Waals surface area contributed by atoms with Crippen LogP contribution in [0.5, 0.6) is 6.01 Å². The summed E-state index contributed by atoms with van der Waals surface area (Å²) in [6.45, 7) is 2.41. The molecule has 1 aliphatic rings. The Morgan fingerprint density at radius 3 is 2.62 bits per heavy atom. The maximum atomic E-state index is 14.8. The second-order valence-corrected chi connectivity index (χ2v) is 9.55. The second-order valence-electron chi connectivity index (χ2n) is 7.29. The molecule has 0 saturated carbocycles. The fourth-order valence-electron chi connectivity index (χ4n) is 3.04. The molecule has 1 saturated heterocycles. The maximum absolute atomic E-state index is 14.8. The summed E-state index contributed by atoms with van der Waals surface area (Å²) in [6.07, 6.45) is 2.48. The number of hydrogen-bond donors (Lipinski definition) is 2. The topological polar surface area (TPSA) is 149 Å². The number of halogens is 1. The summed E-state index contributed by atoms with van der Waals surface area (Å²) in [5, 5.41) is 7.08. The highest BCUT2D eigenvalue weighted by atomic mass is 32.2. The first-order valence-corrected chi connectivity index (χ1v) is 11.5. The third kappa shape index (κ3) is 5.77. The molecule has 0 atom stereocenters. The molecule has 0 spiro atoms. The third-order valence-electron chi connectivity index (χ3n) is 4.87. The zero-order valence-electron chi connectivity index (χ0n) is 17.5. The molecule has 0 bridgehead atoms. The van der Waals surface area contributed by atoms with Gasteiger partial charge in [-0.1, -0.05) is 18.2 Å². The summed E-state index contributed by atoms with van der Waals surface area (Å²) >= 11 is 0. The van der Waals surface area contributed by atoms with Crippen molar-refractivity contribution < 1.29 is 27.1 Å². The van der Waals surface area contributed by atoms with Gasteiger partial charge in [-0.3, -0.25) is 10.2 Å². The Kier molecular flexibility index (Phi) is 7.36. The smallest absolute Gasteiger partial charge is 0.316 e. The fourth-order valence-corrected chi connectivity index (χ4v) is 4.28. The molecule has 172 valence electrons. The quantitative estimate of drug-likeness (QED) is 0.303. The molecule has 32 heavy (non-hydrogen) atoms. The van der Waals surface area contributed by atoms with Gasteiger partial charge in [0.25, 0.3) is 0 Å². The van der Waals surface area contributed by atoms with E-state index < -0.39 is 21.8 Å². The molecular weight excluding hydrogens is 441 g/mol. The molecule has 1 aromatic carbocycles. The molecule has 3 rings (SSSR count). The molecule has 3 N–H and O–H groups in total. The van der Waals surface area contributed by atoms with Crippen LogP contribution in [0.2, 0.25) is 0 Å². The molecule has 1 aliphatic heterocycles. The number of carbonyl (C=O) groups excluding carboxylic acids is 1. The van der Waals surface area contributed by atoms with E-state index in [1.165, 1.54) is 22.8 Å². The van der Waals surface area contributed by atoms with Crippen molar-refractivity contribution in [3.8, 4) is 17.1 Å². The number of aromatic nitrogens is 2. The van der Waals surface area contributed by atoms with Gasteiger partial charge in [0.15, 0.2) is 0 Å². The monoisotopic (exact) mass is 465 g/mol. The van der Waals surface area contributed by atoms with Crippen molar-refractivity contribution in [2.75, 3.05) is 25.4 Å². The van der Waals surface area contributed by atoms with Gasteiger partial charge in [-0.2, -0.15) is 0 Å². The normalized spacial score (nSPS) is 14.6. The summed E-state index contributed by atoms with van der Waals surface area (Å²) in [7, 11) is -3.17. The number of nitrogens with zero attached hydrogens (tertiary/aromatic N) is 3. The van der Waals surface area contributed by atoms with E-state index in [-0.39, 0.29) is 54.3 Å². The Morgan fingerprint density at radius 2 is 2.00 bits per heavy atom. The average Bonchev–Trinajstić information content (AvgIpc) is 2.72. The SMILES string of the molecule is CCS(=O)(=O)N1CC(COc2ncc(-c3cccc(COC(=O)CC(=N)N)c3F)cn2)C1. The predicted molar refractivity (Wildman–Crippen MR) is 114 cm³/mol. The van der Waals surface area contributed by atoms with Gasteiger partial charge in [-0.25, -0.2) is 27.1 Å². The van der Waals surface area contributed by atoms with E-state index >= 15 is 0 Å². The van der Waals surface area contributed by atoms with Crippen LogP contribution >= 0.6 is 0 Å². The van der Waals surface area contributed by atoms with Crippen LogP contribution in [0, 0.1) is 17.1 Å². The van der Waals surface area contributed by atoms with Gasteiger partial charge in [0, 0.05) is 48.1 Å². The number of esters is 1. The van der Waals surface area contributed by atoms with E-state index in [0.29, 0.717) is 18.7 Å². The standard InChI is InChI=1S/C20H24FN5O5S/c1-2-32(28,29)26-9-13(10-26)11-31-20-24-7-15(8-25-20)16-5-3-4-14(19(16)21)12-30-18(27)6-17(22)23/h3-5,7-8,13H,2,6,9-12H2,1H3,(H3,22,23). The molecule has 12 heteroatoms. The van der Waals surface area contributed by atoms with Gasteiger partial charge < -0.3 is 15.2 Å². The first kappa shape index (κ1) is 23.5. The van der Waals surface area contributed by atoms with Crippen LogP contribution < -0.4 is 10.5 Å². The zero-order chi connectivity index (χ0) is 23.3. The van der Waals surface area contributed by atoms with Crippen LogP contribution in [0.4, 0.5) is 4.39 Å². The van der Waals surface area contributed by atoms with Crippen molar-refractivity contribution in [2.24, 2.45) is 11.7 Å². The first-order chi connectivity index (χ1) is 15.2. The van der Waals surface area contributed by atoms with Crippen molar-refractivity contribution in [1.82, 2.24) is 14.3 Å². The number of hydrogen-bond acceptors (Lipinski definition) is 8. The summed E-state index contributed by atoms with van der Waals surface area (Å²) in [4.78, 5) is 19.7. The Balaban J connectivity index is 1.57. The molecule has 1 aromatic heterocycles. The van der Waals surface area contributed by atoms with Crippen LogP contribution in [0.25, 0.3) is 11.1 Å². The molecular formula is C20H24FN5O5S. The van der Waals surface area contributed by atoms with Gasteiger partial charge in [-0.15, -0.1) is 0 Å². The number of benzene rings is 1. The molecule has 10 nitrogen and oxygen atoms in total. The van der Waals surface area contributed by atoms with Crippen molar-refractivity contribution in [2.45, 2.75) is 20.0 Å². The average molecular weight is 466 g/mol. The number of ether oxygens (including phenoxy) is 2. The van der Waals surface area contributed by atoms with E-state index in [1.54, 1.807) is 19.1 Å². The Labute approximate surface area is 185 Å². The first-order valence-electron chi connectivity index (χ1n) is 9.88. The van der Waals surface area contributed by atoms with Gasteiger partial charge in [0.2, 0.25) is 10.0 Å². The zero-order valence-corrected chi connectivity index (χ0v) is 18.3. The third-order valence-corrected chi connectivity index (χ3v) is 6.69. The number of carbonyl (C=O) groups is 1. The van der Waals surface area contributed by atoms with Crippen LogP contribution in [-0.2, 0) is 26.2 Å². The summed E-state index contributed by atoms with van der Waals surface area (Å²) in [6, 6.07) is 4.76. The summed E-state index contributed by atoms with van der Waals surface area (Å²) in [5.74, 6) is -1.48. The summed E-state index contributed by atoms with van der Waals surface area (Å²) < 4.78 is 50.2. The number of nitrogens with one attached hydrogen (secondary N) is 1. The molecule has 0 radical (unpaired) electrons. The van der Waals surface area contributed by atoms with Crippen molar-refractivity contribution in [1.29, 1.82) is 5.41 Å². The van der Waals surface area contributed by atoms with Crippen LogP contribution in [-0.4, -0.2) is 59.9 Å². The minimum absolute atomic E-state index is 0.0689. The van der Waals surface area contributed by atoms with Gasteiger partial charge in [-0.05, 0) is 6.92 Å². The molecule has 0 unspecified atom stereocenters. The highest BCUT2D eigenvalue weighted by molar-refractivity contribution is 7.89. The minimum Gasteiger partial charge on any atom is -0.463 e. The van der Waals surface area contributed by atoms with Crippen LogP contribution in [0.1, 0.15) is 18.9 Å². The van der Waals surface area contributed by atoms with Crippen molar-refractivity contribution in [3.63, 3.8) is 0 Å². The minimum atomic E-state index is -3.17. The Bertz CT molecular complexity index is 1090. The van der Waals surface area contributed by atoms with Crippen LogP contribution in [0.3, 0.4) is 0 Å². The van der Waals surface area contributed by atoms with Gasteiger partial charge in [0.05, 0.1) is 12.4 Å². The van der Waals surface area contributed by atoms with Gasteiger partial charge >= 0.3 is 12.0 Å². The van der Waals surface area contributed by atoms with Crippen LogP contribution in [0.15, 0.2) is 30.6 Å². The number of rotatable bonds is 10. The second kappa shape index (κ2) is 10.0. The van der Waals surface area contributed by atoms with E-state index in [4.69, 9.17) is 20.6 Å². The highest BCUT2D eigenvalue weighted by Gasteiger charge is 2.35. The lowest BCUT2D eigenvalue weighted by molar-refractivity contribution is -0.143. The van der Waals surface area contributed by atoms with E-state index in [9.17, 15) is 17.6 Å². The largest absolute Gasteiger partial charge is 0.463 e. The van der Waals surface area contributed by atoms with Crippen molar-refractivity contribution in [3.05, 3.63) is 42.0 Å². The lowest BCUT2D eigenvalue weighted by Crippen LogP contribution is -2.52. The van der Waals surface area contributed by atoms with E-state index in [1.807, 2.05) is 0 Å². The van der Waals surface area contributed by atoms with Gasteiger partial charge in [0.1, 0.15) is 24.7 Å². The number of sulfonamides is 1. The van der Waals surface area contributed by atoms with Crippen molar-refractivity contribution >= 4 is 21.8 Å². The molecule has 2 heterocycles. The summed E-state index contributed by atoms with van der Waals surface area (Å²) in [5.41, 5.74) is 5.95. The number of nitrogens with two attached hydrogens (primary N) is 1. The van der Waals surface area contributed by atoms with E-state index in [0.717, 1.165) is 0 Å². The van der Waals surface area contributed by atoms with E-state index in [2.05, 4.69) is 9.97 Å². The lowest BCUT2D eigenvalue weighted by atomic mass is 10.1. The fraction of sp³-hybridized carbons (Fsp3) is 0.400. The highest BCUT2D eigenvalue weighted by Crippen LogP contribution is 2.26. The molecule has 0 aliphatic carbocycles. The lowest BCUT2D eigenvalue weighted by Gasteiger charge is -2.37.